The number of rotatable bonds is 5. The molecule has 1 atom stereocenters. The summed E-state index contributed by atoms with van der Waals surface area (Å²) in [6, 6.07) is 20.1. The predicted molar refractivity (Wildman–Crippen MR) is 122 cm³/mol. The second-order valence-electron chi connectivity index (χ2n) is 7.28. The average Bonchev–Trinajstić information content (AvgIpc) is 3.06. The van der Waals surface area contributed by atoms with E-state index in [0.717, 1.165) is 11.1 Å². The molecule has 0 aliphatic carbocycles. The van der Waals surface area contributed by atoms with E-state index >= 15 is 0 Å². The predicted octanol–water partition coefficient (Wildman–Crippen LogP) is 5.35. The van der Waals surface area contributed by atoms with E-state index in [1.54, 1.807) is 6.07 Å². The van der Waals surface area contributed by atoms with Crippen LogP contribution in [0.3, 0.4) is 0 Å². The summed E-state index contributed by atoms with van der Waals surface area (Å²) in [4.78, 5) is 25.4. The fourth-order valence-electron chi connectivity index (χ4n) is 3.33. The van der Waals surface area contributed by atoms with Crippen molar-refractivity contribution in [2.24, 2.45) is 0 Å². The third kappa shape index (κ3) is 4.86. The Hall–Kier alpha value is -3.51. The highest BCUT2D eigenvalue weighted by atomic mass is 35.5. The highest BCUT2D eigenvalue weighted by Crippen LogP contribution is 2.38. The first-order chi connectivity index (χ1) is 15.5. The number of esters is 1. The van der Waals surface area contributed by atoms with Gasteiger partial charge >= 0.3 is 5.97 Å². The molecule has 0 bridgehead atoms. The van der Waals surface area contributed by atoms with E-state index in [0.29, 0.717) is 36.8 Å². The van der Waals surface area contributed by atoms with Crippen molar-refractivity contribution in [1.82, 2.24) is 0 Å². The number of nitrogens with one attached hydrogen (secondary N) is 1. The molecule has 0 saturated carbocycles. The lowest BCUT2D eigenvalue weighted by molar-refractivity contribution is -0.123. The van der Waals surface area contributed by atoms with Crippen LogP contribution in [0, 0.1) is 0 Å². The lowest BCUT2D eigenvalue weighted by atomic mass is 10.0. The molecule has 1 aliphatic heterocycles. The average molecular weight is 452 g/mol. The Kier molecular flexibility index (Phi) is 6.61. The summed E-state index contributed by atoms with van der Waals surface area (Å²) in [6.45, 7) is 2.46. The fourth-order valence-corrected chi connectivity index (χ4v) is 3.59. The molecule has 3 aromatic rings. The Morgan fingerprint density at radius 2 is 1.72 bits per heavy atom. The summed E-state index contributed by atoms with van der Waals surface area (Å²) < 4.78 is 16.6. The van der Waals surface area contributed by atoms with Gasteiger partial charge in [0.15, 0.2) is 17.6 Å². The Bertz CT molecular complexity index is 1130. The van der Waals surface area contributed by atoms with E-state index in [9.17, 15) is 9.59 Å². The molecular formula is C25H22ClNO5. The van der Waals surface area contributed by atoms with Crippen molar-refractivity contribution in [3.8, 4) is 22.6 Å². The van der Waals surface area contributed by atoms with Crippen LogP contribution in [0.2, 0.25) is 5.02 Å². The number of carbonyl (C=O) groups excluding carboxylic acids is 2. The number of ether oxygens (including phenoxy) is 3. The minimum atomic E-state index is -1.03. The third-order valence-corrected chi connectivity index (χ3v) is 5.24. The molecule has 6 nitrogen and oxygen atoms in total. The molecule has 164 valence electrons. The van der Waals surface area contributed by atoms with Crippen molar-refractivity contribution in [3.63, 3.8) is 0 Å². The lowest BCUT2D eigenvalue weighted by Crippen LogP contribution is -2.30. The molecule has 0 fully saturated rings. The van der Waals surface area contributed by atoms with Gasteiger partial charge in [-0.15, -0.1) is 0 Å². The molecule has 0 saturated heterocycles. The van der Waals surface area contributed by atoms with Crippen LogP contribution in [-0.2, 0) is 9.53 Å². The first-order valence-electron chi connectivity index (χ1n) is 10.3. The summed E-state index contributed by atoms with van der Waals surface area (Å²) in [5.41, 5.74) is 2.65. The quantitative estimate of drug-likeness (QED) is 0.529. The second kappa shape index (κ2) is 9.75. The lowest BCUT2D eigenvalue weighted by Gasteiger charge is -2.16. The number of halogens is 1. The zero-order valence-electron chi connectivity index (χ0n) is 17.5. The third-order valence-electron chi connectivity index (χ3n) is 4.96. The van der Waals surface area contributed by atoms with Gasteiger partial charge in [0.05, 0.1) is 23.8 Å². The van der Waals surface area contributed by atoms with Gasteiger partial charge in [-0.3, -0.25) is 4.79 Å². The van der Waals surface area contributed by atoms with Crippen LogP contribution in [0.15, 0.2) is 66.7 Å². The SMILES string of the molecule is CC(OC(=O)c1cc(Cl)c2c(c1)OCCCO2)C(=O)Nc1ccccc1-c1ccccc1. The highest BCUT2D eigenvalue weighted by Gasteiger charge is 2.23. The highest BCUT2D eigenvalue weighted by molar-refractivity contribution is 6.32. The largest absolute Gasteiger partial charge is 0.489 e. The van der Waals surface area contributed by atoms with Gasteiger partial charge in [0.1, 0.15) is 0 Å². The number of hydrogen-bond acceptors (Lipinski definition) is 5. The van der Waals surface area contributed by atoms with Gasteiger partial charge in [0.2, 0.25) is 0 Å². The van der Waals surface area contributed by atoms with Gasteiger partial charge in [-0.25, -0.2) is 4.79 Å². The van der Waals surface area contributed by atoms with Gasteiger partial charge in [0, 0.05) is 17.7 Å². The normalized spacial score (nSPS) is 13.6. The fraction of sp³-hybridized carbons (Fsp3) is 0.200. The van der Waals surface area contributed by atoms with Crippen LogP contribution in [-0.4, -0.2) is 31.2 Å². The van der Waals surface area contributed by atoms with Crippen molar-refractivity contribution in [1.29, 1.82) is 0 Å². The maximum absolute atomic E-state index is 12.7. The van der Waals surface area contributed by atoms with Gasteiger partial charge < -0.3 is 19.5 Å². The van der Waals surface area contributed by atoms with E-state index in [-0.39, 0.29) is 10.6 Å². The minimum Gasteiger partial charge on any atom is -0.489 e. The smallest absolute Gasteiger partial charge is 0.339 e. The van der Waals surface area contributed by atoms with E-state index < -0.39 is 18.0 Å². The van der Waals surface area contributed by atoms with Crippen LogP contribution >= 0.6 is 11.6 Å². The van der Waals surface area contributed by atoms with Crippen molar-refractivity contribution in [2.45, 2.75) is 19.4 Å². The number of benzene rings is 3. The van der Waals surface area contributed by atoms with Crippen molar-refractivity contribution in [3.05, 3.63) is 77.3 Å². The van der Waals surface area contributed by atoms with Gasteiger partial charge in [-0.05, 0) is 30.7 Å². The molecule has 0 radical (unpaired) electrons. The summed E-state index contributed by atoms with van der Waals surface area (Å²) >= 11 is 6.25. The van der Waals surface area contributed by atoms with E-state index in [4.69, 9.17) is 25.8 Å². The van der Waals surface area contributed by atoms with E-state index in [1.165, 1.54) is 19.1 Å². The molecule has 7 heteroatoms. The van der Waals surface area contributed by atoms with Crippen LogP contribution in [0.1, 0.15) is 23.7 Å². The number of para-hydroxylation sites is 1. The number of hydrogen-bond donors (Lipinski definition) is 1. The molecule has 1 aliphatic rings. The summed E-state index contributed by atoms with van der Waals surface area (Å²) in [7, 11) is 0. The molecule has 1 unspecified atom stereocenters. The first-order valence-corrected chi connectivity index (χ1v) is 10.7. The Labute approximate surface area is 191 Å². The van der Waals surface area contributed by atoms with Crippen LogP contribution < -0.4 is 14.8 Å². The number of fused-ring (bicyclic) bond motifs is 1. The molecule has 0 spiro atoms. The maximum atomic E-state index is 12.7. The molecule has 0 aromatic heterocycles. The van der Waals surface area contributed by atoms with Crippen molar-refractivity contribution >= 4 is 29.2 Å². The van der Waals surface area contributed by atoms with Crippen LogP contribution in [0.25, 0.3) is 11.1 Å². The minimum absolute atomic E-state index is 0.184. The molecule has 32 heavy (non-hydrogen) atoms. The van der Waals surface area contributed by atoms with Crippen molar-refractivity contribution < 1.29 is 23.8 Å². The number of carbonyl (C=O) groups is 2. The van der Waals surface area contributed by atoms with Gasteiger partial charge in [-0.2, -0.15) is 0 Å². The van der Waals surface area contributed by atoms with E-state index in [2.05, 4.69) is 5.32 Å². The summed E-state index contributed by atoms with van der Waals surface area (Å²) in [6.07, 6.45) is -0.312. The topological polar surface area (TPSA) is 73.9 Å². The first kappa shape index (κ1) is 21.7. The maximum Gasteiger partial charge on any atom is 0.339 e. The monoisotopic (exact) mass is 451 g/mol. The Morgan fingerprint density at radius 1 is 1.00 bits per heavy atom. The van der Waals surface area contributed by atoms with Gasteiger partial charge in [-0.1, -0.05) is 60.1 Å². The van der Waals surface area contributed by atoms with Crippen LogP contribution in [0.5, 0.6) is 11.5 Å². The van der Waals surface area contributed by atoms with E-state index in [1.807, 2.05) is 48.5 Å². The zero-order valence-corrected chi connectivity index (χ0v) is 18.2. The Morgan fingerprint density at radius 3 is 2.53 bits per heavy atom. The summed E-state index contributed by atoms with van der Waals surface area (Å²) in [5.74, 6) is -0.330. The number of anilines is 1. The molecule has 3 aromatic carbocycles. The number of amides is 1. The summed E-state index contributed by atoms with van der Waals surface area (Å²) in [5, 5.41) is 3.10. The molecule has 1 heterocycles. The zero-order chi connectivity index (χ0) is 22.5. The standard InChI is InChI=1S/C25H22ClNO5/c1-16(24(28)27-21-11-6-5-10-19(21)17-8-3-2-4-9-17)32-25(29)18-14-20(26)23-22(15-18)30-12-7-13-31-23/h2-6,8-11,14-16H,7,12-13H2,1H3,(H,27,28). The molecular weight excluding hydrogens is 430 g/mol. The van der Waals surface area contributed by atoms with Crippen molar-refractivity contribution in [2.75, 3.05) is 18.5 Å². The van der Waals surface area contributed by atoms with Gasteiger partial charge in [0.25, 0.3) is 5.91 Å². The molecule has 1 N–H and O–H groups in total. The Balaban J connectivity index is 1.47. The molecule has 4 rings (SSSR count). The molecule has 1 amide bonds. The van der Waals surface area contributed by atoms with Crippen LogP contribution in [0.4, 0.5) is 5.69 Å². The second-order valence-corrected chi connectivity index (χ2v) is 7.69.